The van der Waals surface area contributed by atoms with Crippen molar-refractivity contribution in [2.45, 2.75) is 44.2 Å². The summed E-state index contributed by atoms with van der Waals surface area (Å²) >= 11 is 0. The van der Waals surface area contributed by atoms with Crippen molar-refractivity contribution in [2.75, 3.05) is 0 Å². The number of nitrogens with zero attached hydrogens (tertiary/aromatic N) is 1. The third-order valence-electron chi connectivity index (χ3n) is 3.64. The molecule has 2 unspecified atom stereocenters. The summed E-state index contributed by atoms with van der Waals surface area (Å²) in [6.45, 7) is 0. The molecule has 0 heterocycles. The van der Waals surface area contributed by atoms with Crippen LogP contribution in [-0.2, 0) is 0 Å². The number of aliphatic hydroxyl groups excluding tert-OH is 1. The summed E-state index contributed by atoms with van der Waals surface area (Å²) in [4.78, 5) is 22.5. The zero-order valence-electron chi connectivity index (χ0n) is 11.1. The number of amides is 1. The number of rotatable bonds is 3. The maximum atomic E-state index is 12.2. The van der Waals surface area contributed by atoms with Gasteiger partial charge in [-0.2, -0.15) is 0 Å². The highest BCUT2D eigenvalue weighted by molar-refractivity contribution is 5.98. The average Bonchev–Trinajstić information content (AvgIpc) is 2.64. The molecule has 20 heavy (non-hydrogen) atoms. The van der Waals surface area contributed by atoms with Gasteiger partial charge in [-0.25, -0.2) is 0 Å². The van der Waals surface area contributed by atoms with Gasteiger partial charge < -0.3 is 10.4 Å². The normalized spacial score (nSPS) is 22.9. The van der Waals surface area contributed by atoms with Crippen molar-refractivity contribution < 1.29 is 14.8 Å². The van der Waals surface area contributed by atoms with Crippen LogP contribution in [0.2, 0.25) is 0 Å². The summed E-state index contributed by atoms with van der Waals surface area (Å²) in [6.07, 6.45) is 3.70. The topological polar surface area (TPSA) is 92.5 Å². The number of aliphatic hydroxyl groups is 1. The molecule has 1 fully saturated rings. The number of carbonyl (C=O) groups is 1. The molecule has 0 radical (unpaired) electrons. The molecule has 108 valence electrons. The lowest BCUT2D eigenvalue weighted by molar-refractivity contribution is -0.385. The molecule has 1 aromatic carbocycles. The highest BCUT2D eigenvalue weighted by Gasteiger charge is 2.26. The molecular weight excluding hydrogens is 260 g/mol. The number of nitro groups is 1. The fourth-order valence-corrected chi connectivity index (χ4v) is 2.53. The van der Waals surface area contributed by atoms with Gasteiger partial charge in [0.05, 0.1) is 17.1 Å². The summed E-state index contributed by atoms with van der Waals surface area (Å²) in [6, 6.07) is 5.51. The van der Waals surface area contributed by atoms with Crippen LogP contribution in [0.5, 0.6) is 0 Å². The van der Waals surface area contributed by atoms with Crippen LogP contribution in [-0.4, -0.2) is 28.1 Å². The minimum absolute atomic E-state index is 0.0361. The van der Waals surface area contributed by atoms with Crippen LogP contribution in [0.15, 0.2) is 24.3 Å². The van der Waals surface area contributed by atoms with Crippen molar-refractivity contribution in [2.24, 2.45) is 0 Å². The SMILES string of the molecule is O=C(NC1CCCCCC1O)c1ccccc1[N+](=O)[O-]. The Morgan fingerprint density at radius 3 is 2.70 bits per heavy atom. The fraction of sp³-hybridized carbons (Fsp3) is 0.500. The Balaban J connectivity index is 2.13. The third-order valence-corrected chi connectivity index (χ3v) is 3.64. The molecule has 0 aliphatic heterocycles. The molecule has 0 spiro atoms. The van der Waals surface area contributed by atoms with Gasteiger partial charge in [0, 0.05) is 6.07 Å². The summed E-state index contributed by atoms with van der Waals surface area (Å²) in [5.74, 6) is -0.497. The van der Waals surface area contributed by atoms with Gasteiger partial charge in [-0.15, -0.1) is 0 Å². The van der Waals surface area contributed by atoms with Crippen LogP contribution < -0.4 is 5.32 Å². The van der Waals surface area contributed by atoms with Gasteiger partial charge in [-0.3, -0.25) is 14.9 Å². The lowest BCUT2D eigenvalue weighted by atomic mass is 10.0. The number of carbonyl (C=O) groups excluding carboxylic acids is 1. The Bertz CT molecular complexity index is 504. The summed E-state index contributed by atoms with van der Waals surface area (Å²) in [7, 11) is 0. The minimum atomic E-state index is -0.579. The van der Waals surface area contributed by atoms with E-state index in [0.29, 0.717) is 12.8 Å². The Morgan fingerprint density at radius 1 is 1.25 bits per heavy atom. The van der Waals surface area contributed by atoms with E-state index in [1.165, 1.54) is 18.2 Å². The van der Waals surface area contributed by atoms with E-state index in [1.807, 2.05) is 0 Å². The average molecular weight is 278 g/mol. The summed E-state index contributed by atoms with van der Waals surface area (Å²) < 4.78 is 0. The maximum Gasteiger partial charge on any atom is 0.282 e. The first kappa shape index (κ1) is 14.5. The largest absolute Gasteiger partial charge is 0.391 e. The van der Waals surface area contributed by atoms with E-state index in [4.69, 9.17) is 0 Å². The van der Waals surface area contributed by atoms with Crippen LogP contribution in [0.25, 0.3) is 0 Å². The quantitative estimate of drug-likeness (QED) is 0.502. The predicted octanol–water partition coefficient (Wildman–Crippen LogP) is 2.02. The molecule has 0 bridgehead atoms. The summed E-state index contributed by atoms with van der Waals surface area (Å²) in [5.41, 5.74) is -0.179. The smallest absolute Gasteiger partial charge is 0.282 e. The molecule has 2 N–H and O–H groups in total. The Morgan fingerprint density at radius 2 is 1.95 bits per heavy atom. The van der Waals surface area contributed by atoms with E-state index >= 15 is 0 Å². The molecule has 0 saturated heterocycles. The van der Waals surface area contributed by atoms with E-state index < -0.39 is 16.9 Å². The first-order chi connectivity index (χ1) is 9.59. The van der Waals surface area contributed by atoms with Crippen molar-refractivity contribution in [3.8, 4) is 0 Å². The molecule has 1 saturated carbocycles. The third kappa shape index (κ3) is 3.33. The maximum absolute atomic E-state index is 12.2. The van der Waals surface area contributed by atoms with Crippen molar-refractivity contribution >= 4 is 11.6 Å². The number of hydrogen-bond acceptors (Lipinski definition) is 4. The van der Waals surface area contributed by atoms with Crippen molar-refractivity contribution in [1.82, 2.24) is 5.32 Å². The molecular formula is C14H18N2O4. The second-order valence-corrected chi connectivity index (χ2v) is 5.06. The number of para-hydroxylation sites is 1. The zero-order valence-corrected chi connectivity index (χ0v) is 11.1. The molecule has 1 amide bonds. The van der Waals surface area contributed by atoms with E-state index in [0.717, 1.165) is 19.3 Å². The van der Waals surface area contributed by atoms with Crippen molar-refractivity contribution in [3.05, 3.63) is 39.9 Å². The van der Waals surface area contributed by atoms with E-state index in [9.17, 15) is 20.0 Å². The number of benzene rings is 1. The summed E-state index contributed by atoms with van der Waals surface area (Å²) in [5, 5.41) is 23.6. The molecule has 1 aliphatic rings. The zero-order chi connectivity index (χ0) is 14.5. The number of nitrogens with one attached hydrogen (secondary N) is 1. The van der Waals surface area contributed by atoms with Gasteiger partial charge in [0.15, 0.2) is 0 Å². The second-order valence-electron chi connectivity index (χ2n) is 5.06. The standard InChI is InChI=1S/C14H18N2O4/c17-13-9-3-1-2-7-11(13)15-14(18)10-6-4-5-8-12(10)16(19)20/h4-6,8,11,13,17H,1-3,7,9H2,(H,15,18). The van der Waals surface area contributed by atoms with Gasteiger partial charge in [-0.05, 0) is 18.9 Å². The minimum Gasteiger partial charge on any atom is -0.391 e. The Labute approximate surface area is 117 Å². The van der Waals surface area contributed by atoms with Gasteiger partial charge in [0.1, 0.15) is 5.56 Å². The lowest BCUT2D eigenvalue weighted by Crippen LogP contribution is -2.42. The van der Waals surface area contributed by atoms with Gasteiger partial charge in [0.2, 0.25) is 0 Å². The first-order valence-corrected chi connectivity index (χ1v) is 6.82. The highest BCUT2D eigenvalue weighted by Crippen LogP contribution is 2.21. The van der Waals surface area contributed by atoms with E-state index in [2.05, 4.69) is 5.32 Å². The van der Waals surface area contributed by atoms with Crippen LogP contribution in [0.3, 0.4) is 0 Å². The Hall–Kier alpha value is -1.95. The number of nitro benzene ring substituents is 1. The van der Waals surface area contributed by atoms with Crippen LogP contribution in [0.4, 0.5) is 5.69 Å². The van der Waals surface area contributed by atoms with Crippen LogP contribution in [0, 0.1) is 10.1 Å². The van der Waals surface area contributed by atoms with Crippen molar-refractivity contribution in [3.63, 3.8) is 0 Å². The molecule has 1 aliphatic carbocycles. The van der Waals surface area contributed by atoms with Crippen LogP contribution in [0.1, 0.15) is 42.5 Å². The number of hydrogen-bond donors (Lipinski definition) is 2. The molecule has 2 atom stereocenters. The van der Waals surface area contributed by atoms with Crippen LogP contribution >= 0.6 is 0 Å². The van der Waals surface area contributed by atoms with Crippen molar-refractivity contribution in [1.29, 1.82) is 0 Å². The molecule has 2 rings (SSSR count). The second kappa shape index (κ2) is 6.47. The van der Waals surface area contributed by atoms with Gasteiger partial charge >= 0.3 is 0 Å². The predicted molar refractivity (Wildman–Crippen MR) is 73.4 cm³/mol. The molecule has 0 aromatic heterocycles. The monoisotopic (exact) mass is 278 g/mol. The molecule has 6 heteroatoms. The van der Waals surface area contributed by atoms with E-state index in [1.54, 1.807) is 6.07 Å². The fourth-order valence-electron chi connectivity index (χ4n) is 2.53. The lowest BCUT2D eigenvalue weighted by Gasteiger charge is -2.21. The first-order valence-electron chi connectivity index (χ1n) is 6.82. The van der Waals surface area contributed by atoms with Gasteiger partial charge in [-0.1, -0.05) is 31.4 Å². The molecule has 1 aromatic rings. The Kier molecular flexibility index (Phi) is 4.68. The molecule has 6 nitrogen and oxygen atoms in total. The van der Waals surface area contributed by atoms with E-state index in [-0.39, 0.29) is 17.3 Å². The van der Waals surface area contributed by atoms with Gasteiger partial charge in [0.25, 0.3) is 11.6 Å². The highest BCUT2D eigenvalue weighted by atomic mass is 16.6.